The van der Waals surface area contributed by atoms with E-state index >= 15 is 0 Å². The first-order valence-electron chi connectivity index (χ1n) is 12.9. The third kappa shape index (κ3) is 6.33. The maximum absolute atomic E-state index is 14.2. The van der Waals surface area contributed by atoms with Crippen molar-refractivity contribution in [2.45, 2.75) is 85.1 Å². The maximum atomic E-state index is 14.2. The summed E-state index contributed by atoms with van der Waals surface area (Å²) in [6, 6.07) is 11.6. The molecular formula is C30H41NO5Si. The summed E-state index contributed by atoms with van der Waals surface area (Å²) in [6.07, 6.45) is 2.63. The fourth-order valence-corrected chi connectivity index (χ4v) is 5.01. The first-order chi connectivity index (χ1) is 17.1. The van der Waals surface area contributed by atoms with Gasteiger partial charge in [0.1, 0.15) is 6.61 Å². The van der Waals surface area contributed by atoms with Crippen molar-refractivity contribution in [1.82, 2.24) is 4.90 Å². The molecule has 0 unspecified atom stereocenters. The number of imide groups is 1. The first-order valence-corrected chi connectivity index (χ1v) is 13.8. The number of aliphatic hydroxyl groups is 1. The molecule has 6 nitrogen and oxygen atoms in total. The number of rotatable bonds is 8. The molecule has 0 aliphatic carbocycles. The third-order valence-corrected chi connectivity index (χ3v) is 8.41. The fourth-order valence-electron chi connectivity index (χ4n) is 4.24. The Hall–Kier alpha value is -2.48. The molecule has 1 heterocycles. The van der Waals surface area contributed by atoms with Gasteiger partial charge in [0.2, 0.25) is 15.7 Å². The average molecular weight is 524 g/mol. The Labute approximate surface area is 224 Å². The maximum Gasteiger partial charge on any atom is 0.417 e. The normalized spacial score (nSPS) is 19.5. The van der Waals surface area contributed by atoms with Crippen molar-refractivity contribution in [3.05, 3.63) is 53.6 Å². The highest BCUT2D eigenvalue weighted by atomic mass is 28.2. The quantitative estimate of drug-likeness (QED) is 0.397. The monoisotopic (exact) mass is 523 g/mol. The van der Waals surface area contributed by atoms with Crippen LogP contribution in [-0.2, 0) is 14.0 Å². The molecule has 3 atom stereocenters. The molecule has 1 saturated heterocycles. The summed E-state index contributed by atoms with van der Waals surface area (Å²) in [5, 5.41) is 12.0. The number of fused-ring (bicyclic) bond motifs is 1. The van der Waals surface area contributed by atoms with Crippen LogP contribution in [0.5, 0.6) is 0 Å². The van der Waals surface area contributed by atoms with E-state index in [4.69, 9.17) is 9.16 Å². The fraction of sp³-hybridized carbons (Fsp3) is 0.533. The van der Waals surface area contributed by atoms with E-state index in [1.165, 1.54) is 4.90 Å². The Morgan fingerprint density at radius 2 is 1.73 bits per heavy atom. The second-order valence-electron chi connectivity index (χ2n) is 12.1. The Kier molecular flexibility index (Phi) is 8.42. The van der Waals surface area contributed by atoms with Gasteiger partial charge in [-0.2, -0.15) is 0 Å². The molecule has 2 amide bonds. The lowest BCUT2D eigenvalue weighted by atomic mass is 9.73. The molecular weight excluding hydrogens is 482 g/mol. The zero-order chi connectivity index (χ0) is 27.8. The van der Waals surface area contributed by atoms with Gasteiger partial charge in [0.05, 0.1) is 23.2 Å². The molecule has 1 fully saturated rings. The van der Waals surface area contributed by atoms with Gasteiger partial charge in [-0.15, -0.1) is 0 Å². The van der Waals surface area contributed by atoms with Crippen molar-refractivity contribution in [2.75, 3.05) is 6.61 Å². The molecule has 2 radical (unpaired) electrons. The topological polar surface area (TPSA) is 76.1 Å². The molecule has 37 heavy (non-hydrogen) atoms. The van der Waals surface area contributed by atoms with Crippen LogP contribution in [0.2, 0.25) is 5.04 Å². The van der Waals surface area contributed by atoms with Crippen molar-refractivity contribution in [2.24, 2.45) is 11.3 Å². The number of hydrogen-bond acceptors (Lipinski definition) is 5. The van der Waals surface area contributed by atoms with Crippen molar-refractivity contribution in [3.63, 3.8) is 0 Å². The van der Waals surface area contributed by atoms with Crippen molar-refractivity contribution >= 4 is 38.6 Å². The van der Waals surface area contributed by atoms with Gasteiger partial charge in [0.25, 0.3) is 0 Å². The van der Waals surface area contributed by atoms with E-state index < -0.39 is 23.2 Å². The predicted octanol–water partition coefficient (Wildman–Crippen LogP) is 6.55. The third-order valence-electron chi connectivity index (χ3n) is 7.18. The van der Waals surface area contributed by atoms with E-state index in [-0.39, 0.29) is 39.3 Å². The summed E-state index contributed by atoms with van der Waals surface area (Å²) in [5.74, 6) is -0.265. The van der Waals surface area contributed by atoms with E-state index in [1.807, 2.05) is 83.2 Å². The summed E-state index contributed by atoms with van der Waals surface area (Å²) in [6.45, 7) is 17.9. The molecule has 1 aliphatic rings. The lowest BCUT2D eigenvalue weighted by Gasteiger charge is -2.44. The largest absolute Gasteiger partial charge is 0.447 e. The SMILES string of the molecule is CC(C)[C@@H]1COC(=O)N1C(=O)[C@](C)(/C=C/c1ccc2ccc([C@@H](C)O)cc2c1)C(C)(C)O[Si]C(C)(C)C. The van der Waals surface area contributed by atoms with Crippen LogP contribution in [0.1, 0.15) is 79.5 Å². The number of ether oxygens (including phenoxy) is 1. The van der Waals surface area contributed by atoms with Crippen LogP contribution < -0.4 is 0 Å². The van der Waals surface area contributed by atoms with E-state index in [9.17, 15) is 14.7 Å². The van der Waals surface area contributed by atoms with Crippen molar-refractivity contribution < 1.29 is 23.9 Å². The minimum atomic E-state index is -1.15. The highest BCUT2D eigenvalue weighted by molar-refractivity contribution is 6.32. The van der Waals surface area contributed by atoms with Crippen LogP contribution in [0.25, 0.3) is 16.8 Å². The van der Waals surface area contributed by atoms with Gasteiger partial charge in [-0.1, -0.05) is 71.0 Å². The summed E-state index contributed by atoms with van der Waals surface area (Å²) in [5.41, 5.74) is -0.308. The second-order valence-corrected chi connectivity index (χ2v) is 14.0. The number of amides is 2. The van der Waals surface area contributed by atoms with Crippen LogP contribution in [0.4, 0.5) is 4.79 Å². The number of carbonyl (C=O) groups excluding carboxylic acids is 2. The number of carbonyl (C=O) groups is 2. The molecule has 7 heteroatoms. The molecule has 1 N–H and O–H groups in total. The van der Waals surface area contributed by atoms with Gasteiger partial charge in [0.15, 0.2) is 0 Å². The molecule has 0 aromatic heterocycles. The number of aliphatic hydroxyl groups excluding tert-OH is 1. The molecule has 0 bridgehead atoms. The van der Waals surface area contributed by atoms with Crippen molar-refractivity contribution in [3.8, 4) is 0 Å². The average Bonchev–Trinajstić information content (AvgIpc) is 3.21. The summed E-state index contributed by atoms with van der Waals surface area (Å²) in [7, 11) is 0.162. The van der Waals surface area contributed by atoms with Crippen LogP contribution in [0, 0.1) is 11.3 Å². The summed E-state index contributed by atoms with van der Waals surface area (Å²) in [4.78, 5) is 28.2. The summed E-state index contributed by atoms with van der Waals surface area (Å²) < 4.78 is 11.7. The van der Waals surface area contributed by atoms with Crippen LogP contribution in [0.3, 0.4) is 0 Å². The van der Waals surface area contributed by atoms with E-state index in [1.54, 1.807) is 6.92 Å². The van der Waals surface area contributed by atoms with E-state index in [2.05, 4.69) is 20.8 Å². The lowest BCUT2D eigenvalue weighted by Crippen LogP contribution is -2.57. The standard InChI is InChI=1S/C30H41NO5Si/c1-19(2)25-18-35-27(34)31(25)26(33)30(9,29(7,8)36-37-28(4,5)6)15-14-21-10-11-22-12-13-23(20(3)32)17-24(22)16-21/h10-17,19-20,25,32H,18H2,1-9H3/b15-14+/t20-,25+,30+/m1/s1. The zero-order valence-electron chi connectivity index (χ0n) is 23.6. The Bertz CT molecular complexity index is 1180. The van der Waals surface area contributed by atoms with Crippen molar-refractivity contribution in [1.29, 1.82) is 0 Å². The molecule has 2 aromatic rings. The van der Waals surface area contributed by atoms with Crippen LogP contribution in [0.15, 0.2) is 42.5 Å². The minimum Gasteiger partial charge on any atom is -0.447 e. The van der Waals surface area contributed by atoms with E-state index in [0.717, 1.165) is 21.9 Å². The van der Waals surface area contributed by atoms with Gasteiger partial charge in [-0.05, 0) is 72.7 Å². The van der Waals surface area contributed by atoms with Gasteiger partial charge >= 0.3 is 6.09 Å². The smallest absolute Gasteiger partial charge is 0.417 e. The summed E-state index contributed by atoms with van der Waals surface area (Å²) >= 11 is 0. The number of hydrogen-bond donors (Lipinski definition) is 1. The minimum absolute atomic E-state index is 0.0627. The molecule has 200 valence electrons. The highest BCUT2D eigenvalue weighted by Crippen LogP contribution is 2.41. The Morgan fingerprint density at radius 3 is 2.32 bits per heavy atom. The Morgan fingerprint density at radius 1 is 1.08 bits per heavy atom. The van der Waals surface area contributed by atoms with Crippen LogP contribution >= 0.6 is 0 Å². The highest BCUT2D eigenvalue weighted by Gasteiger charge is 2.53. The molecule has 0 saturated carbocycles. The number of nitrogens with zero attached hydrogens (tertiary/aromatic N) is 1. The molecule has 0 spiro atoms. The molecule has 2 aromatic carbocycles. The zero-order valence-corrected chi connectivity index (χ0v) is 24.6. The molecule has 1 aliphatic heterocycles. The first kappa shape index (κ1) is 29.1. The Balaban J connectivity index is 2.06. The van der Waals surface area contributed by atoms with Gasteiger partial charge in [-0.25, -0.2) is 9.69 Å². The number of cyclic esters (lactones) is 1. The predicted molar refractivity (Wildman–Crippen MR) is 149 cm³/mol. The second kappa shape index (κ2) is 10.7. The lowest BCUT2D eigenvalue weighted by molar-refractivity contribution is -0.146. The number of benzene rings is 2. The van der Waals surface area contributed by atoms with Gasteiger partial charge in [-0.3, -0.25) is 4.79 Å². The van der Waals surface area contributed by atoms with Crippen LogP contribution in [-0.4, -0.2) is 50.0 Å². The van der Waals surface area contributed by atoms with E-state index in [0.29, 0.717) is 0 Å². The van der Waals surface area contributed by atoms with Gasteiger partial charge < -0.3 is 14.3 Å². The molecule has 3 rings (SSSR count). The van der Waals surface area contributed by atoms with Gasteiger partial charge in [0, 0.05) is 0 Å².